The molecule has 244 valence electrons. The van der Waals surface area contributed by atoms with E-state index in [2.05, 4.69) is 36.1 Å². The lowest BCUT2D eigenvalue weighted by atomic mass is 9.86. The molecule has 0 atom stereocenters. The summed E-state index contributed by atoms with van der Waals surface area (Å²) in [5.41, 5.74) is 1.29. The maximum Gasteiger partial charge on any atom is 0.391 e. The Morgan fingerprint density at radius 2 is 1.89 bits per heavy atom. The van der Waals surface area contributed by atoms with E-state index in [9.17, 15) is 31.5 Å². The molecule has 1 aliphatic carbocycles. The van der Waals surface area contributed by atoms with Crippen molar-refractivity contribution in [3.63, 3.8) is 0 Å². The Hall–Kier alpha value is -4.44. The predicted octanol–water partition coefficient (Wildman–Crippen LogP) is 6.94. The molecule has 46 heavy (non-hydrogen) atoms. The number of allylic oxidation sites excluding steroid dienone is 1. The van der Waals surface area contributed by atoms with E-state index in [4.69, 9.17) is 32.5 Å². The third-order valence-corrected chi connectivity index (χ3v) is 7.79. The fraction of sp³-hybridized carbons (Fsp3) is 0.321. The lowest BCUT2D eigenvalue weighted by molar-refractivity contribution is -0.179. The van der Waals surface area contributed by atoms with Crippen LogP contribution in [0.4, 0.5) is 33.6 Å². The summed E-state index contributed by atoms with van der Waals surface area (Å²) in [7, 11) is 0. The molecular formula is C28H24Cl2F5N7O4. The molecule has 1 fully saturated rings. The van der Waals surface area contributed by atoms with E-state index in [0.717, 1.165) is 0 Å². The average Bonchev–Trinajstić information content (AvgIpc) is 3.70. The van der Waals surface area contributed by atoms with Crippen LogP contribution in [-0.2, 0) is 6.54 Å². The molecule has 0 aliphatic heterocycles. The van der Waals surface area contributed by atoms with Crippen LogP contribution >= 0.6 is 23.2 Å². The summed E-state index contributed by atoms with van der Waals surface area (Å²) in [5.74, 6) is -3.05. The Morgan fingerprint density at radius 3 is 2.57 bits per heavy atom. The highest BCUT2D eigenvalue weighted by Crippen LogP contribution is 2.39. The van der Waals surface area contributed by atoms with Crippen molar-refractivity contribution >= 4 is 57.8 Å². The lowest BCUT2D eigenvalue weighted by Crippen LogP contribution is -2.26. The molecule has 11 nitrogen and oxygen atoms in total. The number of fused-ring (bicyclic) bond motifs is 1. The number of aromatic amines is 1. The first-order chi connectivity index (χ1) is 21.9. The predicted molar refractivity (Wildman–Crippen MR) is 156 cm³/mol. The summed E-state index contributed by atoms with van der Waals surface area (Å²) in [6.07, 6.45) is -4.41. The molecule has 2 amide bonds. The monoisotopic (exact) mass is 687 g/mol. The largest absolute Gasteiger partial charge is 0.471 e. The minimum absolute atomic E-state index is 0.00476. The van der Waals surface area contributed by atoms with Gasteiger partial charge in [-0.2, -0.15) is 23.1 Å². The fourth-order valence-corrected chi connectivity index (χ4v) is 5.20. The molecule has 1 aromatic carbocycles. The Balaban J connectivity index is 1.35. The maximum absolute atomic E-state index is 13.1. The molecule has 4 N–H and O–H groups in total. The van der Waals surface area contributed by atoms with E-state index >= 15 is 0 Å². The number of imidazole rings is 1. The van der Waals surface area contributed by atoms with E-state index in [1.165, 1.54) is 30.6 Å². The zero-order chi connectivity index (χ0) is 33.0. The Labute approximate surface area is 266 Å². The van der Waals surface area contributed by atoms with Crippen molar-refractivity contribution in [3.8, 4) is 5.88 Å². The molecule has 0 spiro atoms. The van der Waals surface area contributed by atoms with Gasteiger partial charge in [0.15, 0.2) is 12.3 Å². The number of carbonyl (C=O) groups is 2. The van der Waals surface area contributed by atoms with Gasteiger partial charge in [-0.05, 0) is 43.4 Å². The van der Waals surface area contributed by atoms with Crippen LogP contribution in [0.25, 0.3) is 11.2 Å². The summed E-state index contributed by atoms with van der Waals surface area (Å²) in [5, 5.41) is 11.9. The number of H-pyrrole nitrogens is 1. The minimum Gasteiger partial charge on any atom is -0.471 e. The molecule has 3 heterocycles. The van der Waals surface area contributed by atoms with E-state index in [1.807, 2.05) is 0 Å². The molecular weight excluding hydrogens is 664 g/mol. The van der Waals surface area contributed by atoms with E-state index in [-0.39, 0.29) is 76.4 Å². The summed E-state index contributed by atoms with van der Waals surface area (Å²) in [6.45, 7) is -1.05. The molecule has 4 aromatic rings. The van der Waals surface area contributed by atoms with Gasteiger partial charge in [0, 0.05) is 18.8 Å². The molecule has 1 aliphatic rings. The number of aromatic nitrogens is 4. The lowest BCUT2D eigenvalue weighted by Gasteiger charge is -2.25. The third kappa shape index (κ3) is 7.85. The first kappa shape index (κ1) is 32.9. The van der Waals surface area contributed by atoms with Crippen molar-refractivity contribution in [1.29, 1.82) is 0 Å². The van der Waals surface area contributed by atoms with E-state index in [0.29, 0.717) is 11.1 Å². The van der Waals surface area contributed by atoms with Crippen molar-refractivity contribution < 1.29 is 40.8 Å². The number of nitrogens with one attached hydrogen (secondary N) is 4. The quantitative estimate of drug-likeness (QED) is 0.131. The van der Waals surface area contributed by atoms with E-state index < -0.39 is 42.8 Å². The molecule has 0 radical (unpaired) electrons. The second kappa shape index (κ2) is 13.9. The number of rotatable bonds is 10. The maximum atomic E-state index is 13.1. The smallest absolute Gasteiger partial charge is 0.391 e. The number of anilines is 2. The third-order valence-electron chi connectivity index (χ3n) is 7.04. The molecule has 0 bridgehead atoms. The fourth-order valence-electron chi connectivity index (χ4n) is 4.67. The standard InChI is InChI=1S/C28H24Cl2F5N7O4/c29-17-6-3-14(11-37-25(44)19-7-8-38-46-19)21(30)22(17)40-27-39-18-9-16(26(41-23(18)42-27)45-12-20(31)32)24(43)36-10-13-1-4-15(5-2-13)28(33,34)35/h3,6-10,15,20H,1-2,4-5,11-12H2,(H,36,43)(H,37,44)(H2,39,40,41,42). The Bertz CT molecular complexity index is 1750. The Morgan fingerprint density at radius 1 is 1.13 bits per heavy atom. The highest BCUT2D eigenvalue weighted by molar-refractivity contribution is 6.39. The van der Waals surface area contributed by atoms with Crippen LogP contribution in [0.15, 0.2) is 46.8 Å². The summed E-state index contributed by atoms with van der Waals surface area (Å²) < 4.78 is 74.8. The van der Waals surface area contributed by atoms with Gasteiger partial charge in [-0.25, -0.2) is 8.78 Å². The number of amides is 2. The number of hydrogen-bond acceptors (Lipinski definition) is 8. The normalized spacial score (nSPS) is 15.2. The molecule has 5 rings (SSSR count). The van der Waals surface area contributed by atoms with Crippen LogP contribution < -0.4 is 20.7 Å². The van der Waals surface area contributed by atoms with Crippen molar-refractivity contribution in [3.05, 3.63) is 69.2 Å². The molecule has 0 saturated heterocycles. The van der Waals surface area contributed by atoms with Gasteiger partial charge in [0.1, 0.15) is 5.56 Å². The summed E-state index contributed by atoms with van der Waals surface area (Å²) in [6, 6.07) is 5.82. The number of nitrogens with zero attached hydrogens (tertiary/aromatic N) is 3. The van der Waals surface area contributed by atoms with Crippen LogP contribution in [0.3, 0.4) is 0 Å². The van der Waals surface area contributed by atoms with Crippen molar-refractivity contribution in [1.82, 2.24) is 30.7 Å². The molecule has 0 unspecified atom stereocenters. The number of ether oxygens (including phenoxy) is 1. The van der Waals surface area contributed by atoms with Gasteiger partial charge in [-0.15, -0.1) is 0 Å². The first-order valence-corrected chi connectivity index (χ1v) is 14.4. The second-order valence-electron chi connectivity index (χ2n) is 10.2. The topological polar surface area (TPSA) is 147 Å². The number of hydrogen-bond donors (Lipinski definition) is 4. The van der Waals surface area contributed by atoms with Gasteiger partial charge in [0.2, 0.25) is 17.6 Å². The van der Waals surface area contributed by atoms with Crippen molar-refractivity contribution in [2.24, 2.45) is 5.92 Å². The van der Waals surface area contributed by atoms with Gasteiger partial charge in [0.05, 0.1) is 33.4 Å². The van der Waals surface area contributed by atoms with Gasteiger partial charge in [-0.1, -0.05) is 40.0 Å². The van der Waals surface area contributed by atoms with E-state index in [1.54, 1.807) is 6.07 Å². The zero-order valence-electron chi connectivity index (χ0n) is 23.5. The average molecular weight is 688 g/mol. The second-order valence-corrected chi connectivity index (χ2v) is 11.0. The van der Waals surface area contributed by atoms with Gasteiger partial charge in [0.25, 0.3) is 18.2 Å². The number of pyridine rings is 1. The van der Waals surface area contributed by atoms with Crippen LogP contribution in [-0.4, -0.2) is 51.1 Å². The molecule has 3 aromatic heterocycles. The van der Waals surface area contributed by atoms with Crippen LogP contribution in [0.1, 0.15) is 52.2 Å². The number of benzene rings is 1. The van der Waals surface area contributed by atoms with Gasteiger partial charge >= 0.3 is 6.18 Å². The van der Waals surface area contributed by atoms with Gasteiger partial charge < -0.3 is 30.2 Å². The van der Waals surface area contributed by atoms with Crippen molar-refractivity contribution in [2.75, 3.05) is 11.9 Å². The van der Waals surface area contributed by atoms with Gasteiger partial charge in [-0.3, -0.25) is 9.59 Å². The summed E-state index contributed by atoms with van der Waals surface area (Å²) >= 11 is 12.9. The zero-order valence-corrected chi connectivity index (χ0v) is 25.0. The first-order valence-electron chi connectivity index (χ1n) is 13.7. The summed E-state index contributed by atoms with van der Waals surface area (Å²) in [4.78, 5) is 36.6. The SMILES string of the molecule is O=C(NCc1ccc(Cl)c(Nc2nc3nc(OCC(F)F)c(C(=O)NC=C4CCC(C(F)(F)F)CC4)cc3[nH]2)c1Cl)c1ccno1. The van der Waals surface area contributed by atoms with Crippen LogP contribution in [0, 0.1) is 5.92 Å². The highest BCUT2D eigenvalue weighted by atomic mass is 35.5. The van der Waals surface area contributed by atoms with Crippen LogP contribution in [0.5, 0.6) is 5.88 Å². The number of alkyl halides is 5. The number of carbonyl (C=O) groups excluding carboxylic acids is 2. The highest BCUT2D eigenvalue weighted by Gasteiger charge is 2.40. The Kier molecular flexibility index (Phi) is 9.96. The molecule has 1 saturated carbocycles. The van der Waals surface area contributed by atoms with Crippen LogP contribution in [0.2, 0.25) is 10.0 Å². The van der Waals surface area contributed by atoms with Crippen molar-refractivity contribution in [2.45, 2.75) is 44.8 Å². The number of halogens is 7. The molecule has 18 heteroatoms. The minimum atomic E-state index is -4.28.